The lowest BCUT2D eigenvalue weighted by atomic mass is 10.1. The van der Waals surface area contributed by atoms with Crippen molar-refractivity contribution in [2.45, 2.75) is 6.18 Å². The minimum absolute atomic E-state index is 0.119. The van der Waals surface area contributed by atoms with Crippen LogP contribution in [0.25, 0.3) is 6.08 Å². The van der Waals surface area contributed by atoms with Gasteiger partial charge in [0.25, 0.3) is 5.91 Å². The van der Waals surface area contributed by atoms with Crippen molar-refractivity contribution in [1.29, 1.82) is 0 Å². The monoisotopic (exact) mass is 497 g/mol. The van der Waals surface area contributed by atoms with Gasteiger partial charge in [0.2, 0.25) is 11.9 Å². The number of nitrogens with one attached hydrogen (secondary N) is 2. The molecule has 2 N–H and O–H groups in total. The van der Waals surface area contributed by atoms with Gasteiger partial charge in [0, 0.05) is 30.4 Å². The van der Waals surface area contributed by atoms with Gasteiger partial charge in [-0.05, 0) is 42.0 Å². The molecular weight excluding hydrogens is 475 g/mol. The summed E-state index contributed by atoms with van der Waals surface area (Å²) >= 11 is 0. The maximum absolute atomic E-state index is 12.9. The van der Waals surface area contributed by atoms with Crippen LogP contribution in [0.3, 0.4) is 0 Å². The summed E-state index contributed by atoms with van der Waals surface area (Å²) in [5.41, 5.74) is 0.382. The molecule has 4 rings (SSSR count). The van der Waals surface area contributed by atoms with Gasteiger partial charge >= 0.3 is 6.18 Å². The van der Waals surface area contributed by atoms with Gasteiger partial charge in [-0.25, -0.2) is 9.97 Å². The van der Waals surface area contributed by atoms with Crippen molar-refractivity contribution >= 4 is 35.2 Å². The molecular formula is C25H22F3N5O3. The Hall–Kier alpha value is -4.25. The molecule has 11 heteroatoms. The van der Waals surface area contributed by atoms with E-state index in [2.05, 4.69) is 20.6 Å². The molecule has 1 aliphatic heterocycles. The summed E-state index contributed by atoms with van der Waals surface area (Å²) in [6.07, 6.45) is 1.35. The van der Waals surface area contributed by atoms with Gasteiger partial charge in [0.05, 0.1) is 36.9 Å². The van der Waals surface area contributed by atoms with Crippen molar-refractivity contribution in [3.8, 4) is 0 Å². The highest BCUT2D eigenvalue weighted by molar-refractivity contribution is 6.05. The van der Waals surface area contributed by atoms with Gasteiger partial charge in [-0.1, -0.05) is 18.2 Å². The van der Waals surface area contributed by atoms with Gasteiger partial charge in [0.1, 0.15) is 0 Å². The van der Waals surface area contributed by atoms with E-state index in [0.29, 0.717) is 49.2 Å². The number of aromatic nitrogens is 2. The van der Waals surface area contributed by atoms with Crippen molar-refractivity contribution in [2.75, 3.05) is 41.8 Å². The molecule has 0 bridgehead atoms. The quantitative estimate of drug-likeness (QED) is 0.495. The standard InChI is InChI=1S/C25H22F3N5O3/c26-25(27,28)19-5-2-4-18(14-19)23(35)32-20-6-1-3-17(13-20)7-8-22(34)31-21-15-29-24(30-16-21)33-9-11-36-12-10-33/h1-8,13-16H,9-12H2,(H,31,34)(H,32,35). The van der Waals surface area contributed by atoms with Crippen LogP contribution in [0.15, 0.2) is 67.0 Å². The zero-order chi connectivity index (χ0) is 25.5. The Morgan fingerprint density at radius 3 is 2.39 bits per heavy atom. The van der Waals surface area contributed by atoms with E-state index in [9.17, 15) is 22.8 Å². The smallest absolute Gasteiger partial charge is 0.378 e. The van der Waals surface area contributed by atoms with E-state index in [4.69, 9.17) is 4.74 Å². The number of carbonyl (C=O) groups is 2. The van der Waals surface area contributed by atoms with Crippen LogP contribution in [0.2, 0.25) is 0 Å². The van der Waals surface area contributed by atoms with E-state index < -0.39 is 23.6 Å². The average molecular weight is 497 g/mol. The summed E-state index contributed by atoms with van der Waals surface area (Å²) in [4.78, 5) is 35.3. The van der Waals surface area contributed by atoms with Crippen molar-refractivity contribution in [3.63, 3.8) is 0 Å². The molecule has 0 unspecified atom stereocenters. The average Bonchev–Trinajstić information content (AvgIpc) is 2.88. The Morgan fingerprint density at radius 1 is 0.944 bits per heavy atom. The molecule has 0 aliphatic carbocycles. The second kappa shape index (κ2) is 11.0. The number of benzene rings is 2. The molecule has 0 spiro atoms. The summed E-state index contributed by atoms with van der Waals surface area (Å²) in [6.45, 7) is 2.63. The number of carbonyl (C=O) groups excluding carboxylic acids is 2. The maximum Gasteiger partial charge on any atom is 0.416 e. The molecule has 0 saturated carbocycles. The number of nitrogens with zero attached hydrogens (tertiary/aromatic N) is 3. The van der Waals surface area contributed by atoms with Crippen LogP contribution in [-0.2, 0) is 15.7 Å². The highest BCUT2D eigenvalue weighted by Crippen LogP contribution is 2.29. The summed E-state index contributed by atoms with van der Waals surface area (Å²) < 4.78 is 44.0. The molecule has 2 heterocycles. The van der Waals surface area contributed by atoms with Crippen LogP contribution in [0.5, 0.6) is 0 Å². The number of alkyl halides is 3. The normalized spacial score (nSPS) is 14.0. The fourth-order valence-corrected chi connectivity index (χ4v) is 3.43. The van der Waals surface area contributed by atoms with E-state index in [0.717, 1.165) is 12.1 Å². The van der Waals surface area contributed by atoms with Crippen molar-refractivity contribution in [3.05, 3.63) is 83.7 Å². The van der Waals surface area contributed by atoms with Gasteiger partial charge in [-0.15, -0.1) is 0 Å². The van der Waals surface area contributed by atoms with Crippen LogP contribution in [0.4, 0.5) is 30.5 Å². The van der Waals surface area contributed by atoms with E-state index in [1.165, 1.54) is 36.7 Å². The lowest BCUT2D eigenvalue weighted by Gasteiger charge is -2.26. The molecule has 0 radical (unpaired) electrons. The Bertz CT molecular complexity index is 1260. The highest BCUT2D eigenvalue weighted by atomic mass is 19.4. The predicted molar refractivity (Wildman–Crippen MR) is 129 cm³/mol. The summed E-state index contributed by atoms with van der Waals surface area (Å²) in [5.74, 6) is -0.521. The molecule has 1 saturated heterocycles. The Labute approximate surface area is 204 Å². The van der Waals surface area contributed by atoms with E-state index in [1.54, 1.807) is 24.3 Å². The highest BCUT2D eigenvalue weighted by Gasteiger charge is 2.30. The van der Waals surface area contributed by atoms with E-state index in [-0.39, 0.29) is 5.56 Å². The van der Waals surface area contributed by atoms with Gasteiger partial charge in [0.15, 0.2) is 0 Å². The SMILES string of the molecule is O=C(C=Cc1cccc(NC(=O)c2cccc(C(F)(F)F)c2)c1)Nc1cnc(N2CCOCC2)nc1. The first kappa shape index (κ1) is 24.9. The first-order valence-corrected chi connectivity index (χ1v) is 11.0. The first-order chi connectivity index (χ1) is 17.3. The molecule has 8 nitrogen and oxygen atoms in total. The van der Waals surface area contributed by atoms with Crippen LogP contribution in [0, 0.1) is 0 Å². The summed E-state index contributed by atoms with van der Waals surface area (Å²) in [5, 5.41) is 5.24. The van der Waals surface area contributed by atoms with Crippen LogP contribution < -0.4 is 15.5 Å². The molecule has 36 heavy (non-hydrogen) atoms. The summed E-state index contributed by atoms with van der Waals surface area (Å²) in [7, 11) is 0. The fourth-order valence-electron chi connectivity index (χ4n) is 3.43. The molecule has 2 amide bonds. The zero-order valence-corrected chi connectivity index (χ0v) is 19.0. The number of rotatable bonds is 6. The van der Waals surface area contributed by atoms with Crippen LogP contribution in [0.1, 0.15) is 21.5 Å². The molecule has 2 aromatic carbocycles. The van der Waals surface area contributed by atoms with Crippen molar-refractivity contribution in [1.82, 2.24) is 9.97 Å². The molecule has 1 aromatic heterocycles. The lowest BCUT2D eigenvalue weighted by Crippen LogP contribution is -2.37. The molecule has 1 aliphatic rings. The van der Waals surface area contributed by atoms with Crippen LogP contribution in [-0.4, -0.2) is 48.1 Å². The third-order valence-corrected chi connectivity index (χ3v) is 5.22. The second-order valence-corrected chi connectivity index (χ2v) is 7.85. The Balaban J connectivity index is 1.35. The lowest BCUT2D eigenvalue weighted by molar-refractivity contribution is -0.137. The summed E-state index contributed by atoms with van der Waals surface area (Å²) in [6, 6.07) is 10.7. The number of halogens is 3. The second-order valence-electron chi connectivity index (χ2n) is 7.85. The number of amides is 2. The fraction of sp³-hybridized carbons (Fsp3) is 0.200. The van der Waals surface area contributed by atoms with Gasteiger partial charge in [-0.2, -0.15) is 13.2 Å². The minimum atomic E-state index is -4.54. The number of hydrogen-bond donors (Lipinski definition) is 2. The largest absolute Gasteiger partial charge is 0.416 e. The van der Waals surface area contributed by atoms with Crippen molar-refractivity contribution < 1.29 is 27.5 Å². The molecule has 0 atom stereocenters. The number of hydrogen-bond acceptors (Lipinski definition) is 6. The number of ether oxygens (including phenoxy) is 1. The Morgan fingerprint density at radius 2 is 1.67 bits per heavy atom. The number of morpholine rings is 1. The molecule has 3 aromatic rings. The van der Waals surface area contributed by atoms with Crippen molar-refractivity contribution in [2.24, 2.45) is 0 Å². The zero-order valence-electron chi connectivity index (χ0n) is 19.0. The van der Waals surface area contributed by atoms with E-state index in [1.807, 2.05) is 4.90 Å². The number of anilines is 3. The predicted octanol–water partition coefficient (Wildman–Crippen LogP) is 4.24. The first-order valence-electron chi connectivity index (χ1n) is 11.0. The van der Waals surface area contributed by atoms with E-state index >= 15 is 0 Å². The van der Waals surface area contributed by atoms with Gasteiger partial charge < -0.3 is 20.3 Å². The third kappa shape index (κ3) is 6.66. The van der Waals surface area contributed by atoms with Crippen LogP contribution >= 0.6 is 0 Å². The molecule has 1 fully saturated rings. The topological polar surface area (TPSA) is 96.5 Å². The third-order valence-electron chi connectivity index (χ3n) is 5.22. The minimum Gasteiger partial charge on any atom is -0.378 e. The van der Waals surface area contributed by atoms with Gasteiger partial charge in [-0.3, -0.25) is 9.59 Å². The Kier molecular flexibility index (Phi) is 7.59. The molecule has 186 valence electrons. The maximum atomic E-state index is 12.9.